The van der Waals surface area contributed by atoms with Crippen LogP contribution < -0.4 is 0 Å². The van der Waals surface area contributed by atoms with Gasteiger partial charge in [-0.3, -0.25) is 4.79 Å². The van der Waals surface area contributed by atoms with Crippen LogP contribution in [0.25, 0.3) is 6.08 Å². The van der Waals surface area contributed by atoms with E-state index in [1.165, 1.54) is 0 Å². The van der Waals surface area contributed by atoms with Crippen molar-refractivity contribution < 1.29 is 9.90 Å². The molecule has 0 bridgehead atoms. The van der Waals surface area contributed by atoms with Crippen LogP contribution in [0.1, 0.15) is 38.7 Å². The summed E-state index contributed by atoms with van der Waals surface area (Å²) >= 11 is 3.43. The van der Waals surface area contributed by atoms with Crippen molar-refractivity contribution in [3.8, 4) is 0 Å². The monoisotopic (exact) mass is 360 g/mol. The first-order chi connectivity index (χ1) is 10.4. The topological polar surface area (TPSA) is 37.3 Å². The van der Waals surface area contributed by atoms with Crippen molar-refractivity contribution in [2.24, 2.45) is 11.3 Å². The first-order valence-electron chi connectivity index (χ1n) is 7.83. The van der Waals surface area contributed by atoms with Crippen LogP contribution in [0.3, 0.4) is 0 Å². The van der Waals surface area contributed by atoms with Gasteiger partial charge in [0.05, 0.1) is 6.10 Å². The third kappa shape index (κ3) is 2.50. The van der Waals surface area contributed by atoms with Gasteiger partial charge in [0, 0.05) is 15.5 Å². The Morgan fingerprint density at radius 3 is 2.68 bits per heavy atom. The number of hydrogen-bond acceptors (Lipinski definition) is 2. The summed E-state index contributed by atoms with van der Waals surface area (Å²) < 4.78 is 1.02. The molecule has 1 aromatic rings. The summed E-state index contributed by atoms with van der Waals surface area (Å²) in [5, 5.41) is 10.6. The Morgan fingerprint density at radius 2 is 2.00 bits per heavy atom. The highest BCUT2D eigenvalue weighted by Crippen LogP contribution is 2.51. The van der Waals surface area contributed by atoms with Crippen molar-refractivity contribution in [1.82, 2.24) is 0 Å². The molecular weight excluding hydrogens is 340 g/mol. The summed E-state index contributed by atoms with van der Waals surface area (Å²) in [7, 11) is 0. The van der Waals surface area contributed by atoms with E-state index in [-0.39, 0.29) is 23.2 Å². The second-order valence-corrected chi connectivity index (χ2v) is 7.51. The fourth-order valence-electron chi connectivity index (χ4n) is 3.78. The minimum atomic E-state index is -0.371. The lowest BCUT2D eigenvalue weighted by Gasteiger charge is -2.48. The Balaban J connectivity index is 2.04. The van der Waals surface area contributed by atoms with Crippen LogP contribution in [-0.2, 0) is 4.79 Å². The van der Waals surface area contributed by atoms with E-state index in [0.29, 0.717) is 0 Å². The van der Waals surface area contributed by atoms with Crippen LogP contribution >= 0.6 is 15.9 Å². The van der Waals surface area contributed by atoms with Crippen molar-refractivity contribution in [2.45, 2.75) is 39.2 Å². The molecule has 2 aliphatic carbocycles. The van der Waals surface area contributed by atoms with Gasteiger partial charge in [0.15, 0.2) is 5.78 Å². The number of rotatable bonds is 1. The molecule has 1 N–H and O–H groups in total. The fraction of sp³-hybridized carbons (Fsp3) is 0.421. The molecule has 2 aliphatic rings. The standard InChI is InChI=1S/C19H21BrO2/c1-12-16(10-13-6-8-15(20)9-7-13)17(21)11-14-4-3-5-18(22)19(12,14)2/h6-12,18,22H,3-5H2,1-2H3/b16-10+/t12-,18-,19-/m0/s1. The molecule has 1 saturated carbocycles. The van der Waals surface area contributed by atoms with Crippen LogP contribution in [0, 0.1) is 11.3 Å². The zero-order valence-corrected chi connectivity index (χ0v) is 14.6. The van der Waals surface area contributed by atoms with Crippen LogP contribution in [0.4, 0.5) is 0 Å². The summed E-state index contributed by atoms with van der Waals surface area (Å²) in [5.74, 6) is 0.121. The summed E-state index contributed by atoms with van der Waals surface area (Å²) in [6, 6.07) is 7.94. The number of aliphatic hydroxyl groups is 1. The number of allylic oxidation sites excluding steroid dienone is 2. The van der Waals surface area contributed by atoms with Gasteiger partial charge in [0.25, 0.3) is 0 Å². The number of ketones is 1. The molecule has 0 amide bonds. The lowest BCUT2D eigenvalue weighted by molar-refractivity contribution is -0.113. The molecule has 0 radical (unpaired) electrons. The largest absolute Gasteiger partial charge is 0.392 e. The highest BCUT2D eigenvalue weighted by atomic mass is 79.9. The summed E-state index contributed by atoms with van der Waals surface area (Å²) in [6.45, 7) is 4.18. The smallest absolute Gasteiger partial charge is 0.182 e. The summed E-state index contributed by atoms with van der Waals surface area (Å²) in [4.78, 5) is 12.5. The molecule has 0 saturated heterocycles. The Kier molecular flexibility index (Phi) is 4.13. The van der Waals surface area contributed by atoms with E-state index < -0.39 is 0 Å². The van der Waals surface area contributed by atoms with E-state index in [1.54, 1.807) is 6.08 Å². The van der Waals surface area contributed by atoms with Crippen LogP contribution in [0.5, 0.6) is 0 Å². The maximum Gasteiger partial charge on any atom is 0.182 e. The molecule has 0 heterocycles. The number of fused-ring (bicyclic) bond motifs is 1. The van der Waals surface area contributed by atoms with Crippen molar-refractivity contribution in [3.05, 3.63) is 51.5 Å². The van der Waals surface area contributed by atoms with Crippen LogP contribution in [-0.4, -0.2) is 17.0 Å². The molecule has 1 aromatic carbocycles. The van der Waals surface area contributed by atoms with Gasteiger partial charge in [-0.05, 0) is 55.0 Å². The molecule has 3 heteroatoms. The molecule has 0 aliphatic heterocycles. The van der Waals surface area contributed by atoms with Crippen molar-refractivity contribution in [1.29, 1.82) is 0 Å². The predicted molar refractivity (Wildman–Crippen MR) is 92.3 cm³/mol. The molecule has 1 fully saturated rings. The third-order valence-electron chi connectivity index (χ3n) is 5.46. The van der Waals surface area contributed by atoms with E-state index in [4.69, 9.17) is 0 Å². The number of carbonyl (C=O) groups excluding carboxylic acids is 1. The van der Waals surface area contributed by atoms with Gasteiger partial charge in [-0.1, -0.05) is 47.5 Å². The average molecular weight is 361 g/mol. The van der Waals surface area contributed by atoms with Gasteiger partial charge in [-0.2, -0.15) is 0 Å². The molecule has 116 valence electrons. The van der Waals surface area contributed by atoms with Gasteiger partial charge in [0.1, 0.15) is 0 Å². The number of aliphatic hydroxyl groups excluding tert-OH is 1. The SMILES string of the molecule is C[C@H]1/C(=C\c2ccc(Br)cc2)C(=O)C=C2CCC[C@H](O)[C@]21C. The van der Waals surface area contributed by atoms with E-state index >= 15 is 0 Å². The number of hydrogen-bond donors (Lipinski definition) is 1. The zero-order valence-electron chi connectivity index (χ0n) is 13.0. The normalized spacial score (nSPS) is 33.5. The Bertz CT molecular complexity index is 657. The summed E-state index contributed by atoms with van der Waals surface area (Å²) in [6.07, 6.45) is 6.08. The minimum absolute atomic E-state index is 0.0268. The molecule has 0 unspecified atom stereocenters. The Labute approximate surface area is 140 Å². The summed E-state index contributed by atoms with van der Waals surface area (Å²) in [5.41, 5.74) is 2.63. The minimum Gasteiger partial charge on any atom is -0.392 e. The quantitative estimate of drug-likeness (QED) is 0.747. The molecule has 22 heavy (non-hydrogen) atoms. The van der Waals surface area contributed by atoms with E-state index in [9.17, 15) is 9.90 Å². The number of carbonyl (C=O) groups is 1. The molecule has 3 atom stereocenters. The van der Waals surface area contributed by atoms with Crippen LogP contribution in [0.15, 0.2) is 46.0 Å². The maximum atomic E-state index is 12.5. The maximum absolute atomic E-state index is 12.5. The van der Waals surface area contributed by atoms with E-state index in [0.717, 1.165) is 40.4 Å². The van der Waals surface area contributed by atoms with Crippen molar-refractivity contribution >= 4 is 27.8 Å². The van der Waals surface area contributed by atoms with Crippen molar-refractivity contribution in [3.63, 3.8) is 0 Å². The second-order valence-electron chi connectivity index (χ2n) is 6.60. The van der Waals surface area contributed by atoms with Gasteiger partial charge >= 0.3 is 0 Å². The number of halogens is 1. The van der Waals surface area contributed by atoms with Crippen LogP contribution in [0.2, 0.25) is 0 Å². The number of benzene rings is 1. The van der Waals surface area contributed by atoms with Gasteiger partial charge in [0.2, 0.25) is 0 Å². The molecule has 2 nitrogen and oxygen atoms in total. The fourth-order valence-corrected chi connectivity index (χ4v) is 4.04. The zero-order chi connectivity index (χ0) is 15.9. The lowest BCUT2D eigenvalue weighted by Crippen LogP contribution is -2.46. The Hall–Kier alpha value is -1.19. The molecule has 3 rings (SSSR count). The average Bonchev–Trinajstić information content (AvgIpc) is 2.49. The molecule has 0 aromatic heterocycles. The first kappa shape index (κ1) is 15.7. The van der Waals surface area contributed by atoms with Crippen molar-refractivity contribution in [2.75, 3.05) is 0 Å². The van der Waals surface area contributed by atoms with Gasteiger partial charge in [-0.15, -0.1) is 0 Å². The molecular formula is C19H21BrO2. The second kappa shape index (κ2) is 5.78. The van der Waals surface area contributed by atoms with Gasteiger partial charge < -0.3 is 5.11 Å². The first-order valence-corrected chi connectivity index (χ1v) is 8.63. The van der Waals surface area contributed by atoms with E-state index in [1.807, 2.05) is 30.3 Å². The Morgan fingerprint density at radius 1 is 1.32 bits per heavy atom. The molecule has 0 spiro atoms. The highest BCUT2D eigenvalue weighted by Gasteiger charge is 2.48. The van der Waals surface area contributed by atoms with Gasteiger partial charge in [-0.25, -0.2) is 0 Å². The third-order valence-corrected chi connectivity index (χ3v) is 5.98. The highest BCUT2D eigenvalue weighted by molar-refractivity contribution is 9.10. The lowest BCUT2D eigenvalue weighted by atomic mass is 9.57. The van der Waals surface area contributed by atoms with E-state index in [2.05, 4.69) is 29.8 Å². The predicted octanol–water partition coefficient (Wildman–Crippen LogP) is 4.53.